The summed E-state index contributed by atoms with van der Waals surface area (Å²) in [5, 5.41) is -0.402. The minimum absolute atomic E-state index is 0.246. The molecule has 0 aromatic carbocycles. The van der Waals surface area contributed by atoms with E-state index in [0.717, 1.165) is 0 Å². The molecule has 0 saturated carbocycles. The second-order valence-electron chi connectivity index (χ2n) is 3.13. The van der Waals surface area contributed by atoms with Crippen LogP contribution in [0.1, 0.15) is 19.3 Å². The highest BCUT2D eigenvalue weighted by molar-refractivity contribution is 6.63. The second kappa shape index (κ2) is 10.7. The number of halogens is 1. The monoisotopic (exact) mass is 239 g/mol. The van der Waals surface area contributed by atoms with Crippen LogP contribution in [0.25, 0.3) is 0 Å². The van der Waals surface area contributed by atoms with Gasteiger partial charge in [0.05, 0.1) is 0 Å². The Labute approximate surface area is 93.1 Å². The molecule has 0 aromatic rings. The minimum atomic E-state index is -0.402. The maximum atomic E-state index is 10.5. The Morgan fingerprint density at radius 3 is 2.00 bits per heavy atom. The van der Waals surface area contributed by atoms with E-state index in [2.05, 4.69) is 4.43 Å². The fourth-order valence-electron chi connectivity index (χ4n) is 0.474. The van der Waals surface area contributed by atoms with Gasteiger partial charge in [-0.2, -0.15) is 0 Å². The third kappa shape index (κ3) is 22.6. The molecule has 0 aliphatic heterocycles. The van der Waals surface area contributed by atoms with Gasteiger partial charge in [0.25, 0.3) is 5.97 Å². The summed E-state index contributed by atoms with van der Waals surface area (Å²) in [5.74, 6) is -0.246. The van der Waals surface area contributed by atoms with Crippen LogP contribution < -0.4 is 0 Å². The lowest BCUT2D eigenvalue weighted by atomic mass is 10.2. The van der Waals surface area contributed by atoms with Crippen molar-refractivity contribution in [2.75, 3.05) is 21.1 Å². The summed E-state index contributed by atoms with van der Waals surface area (Å²) < 4.78 is 4.48. The van der Waals surface area contributed by atoms with E-state index in [1.807, 2.05) is 26.0 Å². The first-order valence-corrected chi connectivity index (χ1v) is 5.45. The molecule has 0 rings (SSSR count). The molecule has 0 N–H and O–H groups in total. The number of hydrogen-bond donors (Lipinski definition) is 0. The van der Waals surface area contributed by atoms with Gasteiger partial charge in [-0.05, 0) is 39.2 Å². The Bertz CT molecular complexity index is 173. The van der Waals surface area contributed by atoms with Crippen molar-refractivity contribution in [2.45, 2.75) is 19.3 Å². The molecular formula is C8H18ClNO3Si. The average Bonchev–Trinajstić information content (AvgIpc) is 2.02. The van der Waals surface area contributed by atoms with Crippen molar-refractivity contribution in [3.05, 3.63) is 0 Å². The minimum Gasteiger partial charge on any atom is -0.529 e. The van der Waals surface area contributed by atoms with Crippen LogP contribution in [0.5, 0.6) is 0 Å². The van der Waals surface area contributed by atoms with Gasteiger partial charge in [0, 0.05) is 12.8 Å². The Morgan fingerprint density at radius 1 is 1.29 bits per heavy atom. The van der Waals surface area contributed by atoms with E-state index in [1.54, 1.807) is 0 Å². The van der Waals surface area contributed by atoms with Crippen molar-refractivity contribution in [2.24, 2.45) is 0 Å². The molecule has 0 unspecified atom stereocenters. The molecule has 0 spiro atoms. The van der Waals surface area contributed by atoms with Crippen LogP contribution in [0.3, 0.4) is 0 Å². The number of rotatable bonds is 4. The fourth-order valence-corrected chi connectivity index (χ4v) is 0.812. The molecule has 0 aromatic heterocycles. The highest BCUT2D eigenvalue weighted by Crippen LogP contribution is 1.99. The standard InChI is InChI=1S/C5H9ClO3Si.C3H9N/c6-4(7)2-1-3-5(8)9-10;1-4(2)3/h1-3H2,10H3;1-3H3. The maximum absolute atomic E-state index is 10.5. The maximum Gasteiger partial charge on any atom is 0.291 e. The van der Waals surface area contributed by atoms with E-state index < -0.39 is 5.24 Å². The summed E-state index contributed by atoms with van der Waals surface area (Å²) in [5.41, 5.74) is 0. The Morgan fingerprint density at radius 2 is 1.71 bits per heavy atom. The number of carbonyl (C=O) groups excluding carboxylic acids is 2. The van der Waals surface area contributed by atoms with Crippen LogP contribution in [0.2, 0.25) is 0 Å². The zero-order chi connectivity index (χ0) is 11.6. The van der Waals surface area contributed by atoms with Gasteiger partial charge in [0.15, 0.2) is 0 Å². The van der Waals surface area contributed by atoms with E-state index >= 15 is 0 Å². The molecule has 0 aliphatic rings. The van der Waals surface area contributed by atoms with Crippen LogP contribution in [0.15, 0.2) is 0 Å². The highest BCUT2D eigenvalue weighted by atomic mass is 35.5. The molecular weight excluding hydrogens is 222 g/mol. The lowest BCUT2D eigenvalue weighted by Crippen LogP contribution is -2.01. The molecule has 0 heterocycles. The lowest BCUT2D eigenvalue weighted by molar-refractivity contribution is -0.134. The van der Waals surface area contributed by atoms with Gasteiger partial charge < -0.3 is 9.33 Å². The summed E-state index contributed by atoms with van der Waals surface area (Å²) in [6.07, 6.45) is 1.03. The van der Waals surface area contributed by atoms with E-state index in [0.29, 0.717) is 23.3 Å². The van der Waals surface area contributed by atoms with E-state index in [1.165, 1.54) is 0 Å². The molecule has 0 atom stereocenters. The van der Waals surface area contributed by atoms with Gasteiger partial charge in [0.1, 0.15) is 0 Å². The molecule has 4 nitrogen and oxygen atoms in total. The zero-order valence-corrected chi connectivity index (χ0v) is 11.9. The predicted molar refractivity (Wildman–Crippen MR) is 60.4 cm³/mol. The summed E-state index contributed by atoms with van der Waals surface area (Å²) in [7, 11) is 6.42. The largest absolute Gasteiger partial charge is 0.529 e. The molecule has 0 saturated heterocycles. The first kappa shape index (κ1) is 16.1. The first-order valence-electron chi connectivity index (χ1n) is 4.26. The van der Waals surface area contributed by atoms with Crippen molar-refractivity contribution >= 4 is 33.3 Å². The highest BCUT2D eigenvalue weighted by Gasteiger charge is 2.00. The normalized spacial score (nSPS) is 9.21. The van der Waals surface area contributed by atoms with E-state index in [-0.39, 0.29) is 12.4 Å². The van der Waals surface area contributed by atoms with Crippen molar-refractivity contribution in [1.29, 1.82) is 0 Å². The van der Waals surface area contributed by atoms with Crippen LogP contribution in [0, 0.1) is 0 Å². The predicted octanol–water partition coefficient (Wildman–Crippen LogP) is -0.0765. The summed E-state index contributed by atoms with van der Waals surface area (Å²) in [6, 6.07) is 0. The van der Waals surface area contributed by atoms with Crippen molar-refractivity contribution in [3.63, 3.8) is 0 Å². The quantitative estimate of drug-likeness (QED) is 0.509. The van der Waals surface area contributed by atoms with E-state index in [9.17, 15) is 9.59 Å². The summed E-state index contributed by atoms with van der Waals surface area (Å²) >= 11 is 5.02. The van der Waals surface area contributed by atoms with Gasteiger partial charge in [-0.25, -0.2) is 0 Å². The topological polar surface area (TPSA) is 46.6 Å². The molecule has 0 amide bonds. The lowest BCUT2D eigenvalue weighted by Gasteiger charge is -1.95. The van der Waals surface area contributed by atoms with Crippen LogP contribution >= 0.6 is 11.6 Å². The zero-order valence-electron chi connectivity index (χ0n) is 9.17. The third-order valence-corrected chi connectivity index (χ3v) is 1.63. The molecule has 84 valence electrons. The van der Waals surface area contributed by atoms with Gasteiger partial charge in [-0.3, -0.25) is 9.59 Å². The summed E-state index contributed by atoms with van der Waals surface area (Å²) in [6.45, 7) is 0. The summed E-state index contributed by atoms with van der Waals surface area (Å²) in [4.78, 5) is 22.6. The first-order chi connectivity index (χ1) is 6.40. The smallest absolute Gasteiger partial charge is 0.291 e. The Hall–Kier alpha value is -0.393. The molecule has 0 fully saturated rings. The number of nitrogens with zero attached hydrogens (tertiary/aromatic N) is 1. The average molecular weight is 240 g/mol. The van der Waals surface area contributed by atoms with Crippen LogP contribution in [0.4, 0.5) is 0 Å². The second-order valence-corrected chi connectivity index (χ2v) is 3.96. The van der Waals surface area contributed by atoms with Gasteiger partial charge in [-0.1, -0.05) is 0 Å². The molecule has 0 bridgehead atoms. The number of carbonyl (C=O) groups is 2. The van der Waals surface area contributed by atoms with Crippen molar-refractivity contribution in [3.8, 4) is 0 Å². The van der Waals surface area contributed by atoms with Crippen molar-refractivity contribution in [1.82, 2.24) is 4.90 Å². The van der Waals surface area contributed by atoms with Crippen molar-refractivity contribution < 1.29 is 14.0 Å². The number of hydrogen-bond acceptors (Lipinski definition) is 4. The molecule has 14 heavy (non-hydrogen) atoms. The third-order valence-electron chi connectivity index (χ3n) is 0.982. The fraction of sp³-hybridized carbons (Fsp3) is 0.750. The molecule has 0 radical (unpaired) electrons. The Kier molecular flexibility index (Phi) is 12.3. The Balaban J connectivity index is 0. The van der Waals surface area contributed by atoms with Crippen LogP contribution in [-0.4, -0.2) is 47.7 Å². The van der Waals surface area contributed by atoms with Gasteiger partial charge in [0.2, 0.25) is 15.7 Å². The SMILES string of the molecule is CN(C)C.O=C(Cl)CCCC(=O)O[SiH3]. The van der Waals surface area contributed by atoms with Gasteiger partial charge in [-0.15, -0.1) is 0 Å². The van der Waals surface area contributed by atoms with Crippen LogP contribution in [-0.2, 0) is 14.0 Å². The van der Waals surface area contributed by atoms with Gasteiger partial charge >= 0.3 is 0 Å². The molecule has 6 heteroatoms. The molecule has 0 aliphatic carbocycles. The van der Waals surface area contributed by atoms with E-state index in [4.69, 9.17) is 11.6 Å².